The molecule has 0 N–H and O–H groups in total. The SMILES string of the molecule is C[C@H]1C2C=CC(C2OCc2ccccc2)[C@@H]1C. The molecule has 1 aromatic rings. The number of hydrogen-bond donors (Lipinski definition) is 0. The normalized spacial score (nSPS) is 38.8. The third kappa shape index (κ3) is 1.83. The van der Waals surface area contributed by atoms with Gasteiger partial charge in [0, 0.05) is 11.8 Å². The lowest BCUT2D eigenvalue weighted by molar-refractivity contribution is 0.0117. The van der Waals surface area contributed by atoms with E-state index in [0.717, 1.165) is 18.4 Å². The van der Waals surface area contributed by atoms with E-state index in [1.54, 1.807) is 0 Å². The van der Waals surface area contributed by atoms with Gasteiger partial charge in [-0.2, -0.15) is 0 Å². The molecule has 0 aromatic heterocycles. The Morgan fingerprint density at radius 3 is 2.12 bits per heavy atom. The van der Waals surface area contributed by atoms with Crippen molar-refractivity contribution in [2.75, 3.05) is 0 Å². The molecule has 2 unspecified atom stereocenters. The second-order valence-corrected chi connectivity index (χ2v) is 5.52. The zero-order valence-electron chi connectivity index (χ0n) is 10.5. The largest absolute Gasteiger partial charge is 0.372 e. The number of ether oxygens (including phenoxy) is 1. The number of benzene rings is 1. The highest BCUT2D eigenvalue weighted by Gasteiger charge is 2.48. The number of fused-ring (bicyclic) bond motifs is 2. The summed E-state index contributed by atoms with van der Waals surface area (Å²) in [6.07, 6.45) is 5.15. The first-order valence-electron chi connectivity index (χ1n) is 6.61. The van der Waals surface area contributed by atoms with Gasteiger partial charge in [-0.25, -0.2) is 0 Å². The maximum atomic E-state index is 6.15. The van der Waals surface area contributed by atoms with Crippen molar-refractivity contribution in [3.05, 3.63) is 48.0 Å². The highest BCUT2D eigenvalue weighted by atomic mass is 16.5. The van der Waals surface area contributed by atoms with Crippen molar-refractivity contribution in [3.8, 4) is 0 Å². The van der Waals surface area contributed by atoms with Crippen molar-refractivity contribution < 1.29 is 4.74 Å². The summed E-state index contributed by atoms with van der Waals surface area (Å²) in [7, 11) is 0. The van der Waals surface area contributed by atoms with E-state index in [2.05, 4.69) is 56.3 Å². The third-order valence-electron chi connectivity index (χ3n) is 4.64. The van der Waals surface area contributed by atoms with Crippen molar-refractivity contribution in [1.82, 2.24) is 0 Å². The molecule has 4 atom stereocenters. The van der Waals surface area contributed by atoms with Crippen LogP contribution in [-0.2, 0) is 11.3 Å². The van der Waals surface area contributed by atoms with Gasteiger partial charge in [-0.3, -0.25) is 0 Å². The fourth-order valence-corrected chi connectivity index (χ4v) is 3.37. The van der Waals surface area contributed by atoms with Gasteiger partial charge in [-0.15, -0.1) is 0 Å². The van der Waals surface area contributed by atoms with Gasteiger partial charge in [0.05, 0.1) is 12.7 Å². The first-order valence-corrected chi connectivity index (χ1v) is 6.61. The van der Waals surface area contributed by atoms with Crippen LogP contribution in [0.15, 0.2) is 42.5 Å². The topological polar surface area (TPSA) is 9.23 Å². The standard InChI is InChI=1S/C16H20O/c1-11-12(2)15-9-8-14(11)16(15)17-10-13-6-4-3-5-7-13/h3-9,11-12,14-16H,10H2,1-2H3/t11-,12-,14?,15?,16?/m1/s1. The lowest BCUT2D eigenvalue weighted by Gasteiger charge is -2.18. The van der Waals surface area contributed by atoms with Crippen molar-refractivity contribution in [3.63, 3.8) is 0 Å². The molecule has 0 saturated heterocycles. The van der Waals surface area contributed by atoms with Crippen LogP contribution in [0.1, 0.15) is 19.4 Å². The quantitative estimate of drug-likeness (QED) is 0.717. The third-order valence-corrected chi connectivity index (χ3v) is 4.64. The van der Waals surface area contributed by atoms with E-state index >= 15 is 0 Å². The zero-order chi connectivity index (χ0) is 11.8. The summed E-state index contributed by atoms with van der Waals surface area (Å²) in [4.78, 5) is 0. The monoisotopic (exact) mass is 228 g/mol. The molecule has 0 amide bonds. The van der Waals surface area contributed by atoms with E-state index in [0.29, 0.717) is 17.9 Å². The molecular formula is C16H20O. The average molecular weight is 228 g/mol. The molecule has 1 heteroatoms. The Labute approximate surface area is 103 Å². The van der Waals surface area contributed by atoms with Gasteiger partial charge < -0.3 is 4.74 Å². The average Bonchev–Trinajstić information content (AvgIpc) is 2.87. The Kier molecular flexibility index (Phi) is 2.79. The smallest absolute Gasteiger partial charge is 0.0721 e. The molecule has 1 nitrogen and oxygen atoms in total. The lowest BCUT2D eigenvalue weighted by Crippen LogP contribution is -2.20. The predicted octanol–water partition coefficient (Wildman–Crippen LogP) is 3.66. The molecule has 2 aliphatic rings. The summed E-state index contributed by atoms with van der Waals surface area (Å²) in [5, 5.41) is 0. The van der Waals surface area contributed by atoms with Crippen molar-refractivity contribution in [2.24, 2.45) is 23.7 Å². The van der Waals surface area contributed by atoms with Gasteiger partial charge in [0.1, 0.15) is 0 Å². The van der Waals surface area contributed by atoms with Crippen LogP contribution in [0.3, 0.4) is 0 Å². The first kappa shape index (κ1) is 11.0. The van der Waals surface area contributed by atoms with Crippen molar-refractivity contribution in [2.45, 2.75) is 26.6 Å². The fraction of sp³-hybridized carbons (Fsp3) is 0.500. The van der Waals surface area contributed by atoms with E-state index in [9.17, 15) is 0 Å². The summed E-state index contributed by atoms with van der Waals surface area (Å²) < 4.78 is 6.15. The van der Waals surface area contributed by atoms with Crippen molar-refractivity contribution >= 4 is 0 Å². The molecular weight excluding hydrogens is 208 g/mol. The Balaban J connectivity index is 1.65. The minimum absolute atomic E-state index is 0.417. The molecule has 1 fully saturated rings. The summed E-state index contributed by atoms with van der Waals surface area (Å²) >= 11 is 0. The van der Waals surface area contributed by atoms with Crippen LogP contribution >= 0.6 is 0 Å². The highest BCUT2D eigenvalue weighted by molar-refractivity contribution is 5.18. The maximum Gasteiger partial charge on any atom is 0.0721 e. The Morgan fingerprint density at radius 2 is 1.53 bits per heavy atom. The predicted molar refractivity (Wildman–Crippen MR) is 69.5 cm³/mol. The summed E-state index contributed by atoms with van der Waals surface area (Å²) in [5.41, 5.74) is 1.28. The second-order valence-electron chi connectivity index (χ2n) is 5.52. The molecule has 0 aliphatic heterocycles. The number of rotatable bonds is 3. The number of hydrogen-bond acceptors (Lipinski definition) is 1. The zero-order valence-corrected chi connectivity index (χ0v) is 10.5. The first-order chi connectivity index (χ1) is 8.27. The molecule has 1 saturated carbocycles. The minimum atomic E-state index is 0.417. The molecule has 0 heterocycles. The van der Waals surface area contributed by atoms with Crippen LogP contribution in [0.2, 0.25) is 0 Å². The lowest BCUT2D eigenvalue weighted by atomic mass is 9.86. The van der Waals surface area contributed by atoms with E-state index in [1.807, 2.05) is 0 Å². The Morgan fingerprint density at radius 1 is 0.941 bits per heavy atom. The van der Waals surface area contributed by atoms with Crippen LogP contribution in [0.4, 0.5) is 0 Å². The highest BCUT2D eigenvalue weighted by Crippen LogP contribution is 2.49. The molecule has 2 aliphatic carbocycles. The Bertz CT molecular complexity index is 391. The van der Waals surface area contributed by atoms with E-state index in [4.69, 9.17) is 4.74 Å². The van der Waals surface area contributed by atoms with E-state index in [-0.39, 0.29) is 0 Å². The van der Waals surface area contributed by atoms with Crippen LogP contribution in [0.5, 0.6) is 0 Å². The minimum Gasteiger partial charge on any atom is -0.372 e. The van der Waals surface area contributed by atoms with Crippen molar-refractivity contribution in [1.29, 1.82) is 0 Å². The van der Waals surface area contributed by atoms with Gasteiger partial charge >= 0.3 is 0 Å². The summed E-state index contributed by atoms with van der Waals surface area (Å²) in [6.45, 7) is 5.47. The van der Waals surface area contributed by atoms with Gasteiger partial charge in [-0.1, -0.05) is 56.3 Å². The molecule has 0 spiro atoms. The van der Waals surface area contributed by atoms with Gasteiger partial charge in [0.25, 0.3) is 0 Å². The molecule has 90 valence electrons. The molecule has 2 bridgehead atoms. The van der Waals surface area contributed by atoms with Gasteiger partial charge in [-0.05, 0) is 17.4 Å². The van der Waals surface area contributed by atoms with E-state index < -0.39 is 0 Å². The van der Waals surface area contributed by atoms with E-state index in [1.165, 1.54) is 5.56 Å². The fourth-order valence-electron chi connectivity index (χ4n) is 3.37. The maximum absolute atomic E-state index is 6.15. The van der Waals surface area contributed by atoms with Crippen LogP contribution < -0.4 is 0 Å². The summed E-state index contributed by atoms with van der Waals surface area (Å²) in [5.74, 6) is 2.81. The van der Waals surface area contributed by atoms with Crippen LogP contribution in [-0.4, -0.2) is 6.10 Å². The van der Waals surface area contributed by atoms with Gasteiger partial charge in [0.2, 0.25) is 0 Å². The second kappa shape index (κ2) is 4.30. The molecule has 17 heavy (non-hydrogen) atoms. The van der Waals surface area contributed by atoms with Crippen LogP contribution in [0, 0.1) is 23.7 Å². The van der Waals surface area contributed by atoms with Crippen LogP contribution in [0.25, 0.3) is 0 Å². The molecule has 1 aromatic carbocycles. The molecule has 3 rings (SSSR count). The molecule has 0 radical (unpaired) electrons. The summed E-state index contributed by atoms with van der Waals surface area (Å²) in [6, 6.07) is 10.5. The Hall–Kier alpha value is -1.08. The van der Waals surface area contributed by atoms with Gasteiger partial charge in [0.15, 0.2) is 0 Å².